The van der Waals surface area contributed by atoms with Crippen molar-refractivity contribution in [3.8, 4) is 0 Å². The number of thiophene rings is 1. The summed E-state index contributed by atoms with van der Waals surface area (Å²) < 4.78 is 0. The molecular formula is C25H34N4OS. The van der Waals surface area contributed by atoms with Crippen molar-refractivity contribution in [1.82, 2.24) is 15.1 Å². The van der Waals surface area contributed by atoms with Gasteiger partial charge in [0.1, 0.15) is 0 Å². The molecule has 1 aromatic heterocycles. The van der Waals surface area contributed by atoms with E-state index in [9.17, 15) is 4.79 Å². The van der Waals surface area contributed by atoms with E-state index < -0.39 is 0 Å². The lowest BCUT2D eigenvalue weighted by Crippen LogP contribution is -2.39. The first-order chi connectivity index (χ1) is 14.8. The number of carbonyl (C=O) groups is 1. The Hall–Kier alpha value is -2.57. The molecule has 0 radical (unpaired) electrons. The van der Waals surface area contributed by atoms with E-state index in [2.05, 4.69) is 42.8 Å². The van der Waals surface area contributed by atoms with Crippen LogP contribution in [-0.4, -0.2) is 48.6 Å². The molecule has 2 aliphatic heterocycles. The number of rotatable bonds is 7. The molecule has 3 rings (SSSR count). The fourth-order valence-electron chi connectivity index (χ4n) is 3.91. The second-order valence-electron chi connectivity index (χ2n) is 8.49. The van der Waals surface area contributed by atoms with Gasteiger partial charge in [-0.1, -0.05) is 30.4 Å². The molecule has 0 atom stereocenters. The second-order valence-corrected chi connectivity index (χ2v) is 9.44. The van der Waals surface area contributed by atoms with Crippen molar-refractivity contribution in [1.29, 1.82) is 0 Å². The average molecular weight is 439 g/mol. The van der Waals surface area contributed by atoms with Gasteiger partial charge in [-0.15, -0.1) is 11.3 Å². The summed E-state index contributed by atoms with van der Waals surface area (Å²) in [5, 5.41) is 4.89. The van der Waals surface area contributed by atoms with Gasteiger partial charge in [-0.25, -0.2) is 4.79 Å². The third-order valence-electron chi connectivity index (χ3n) is 5.75. The van der Waals surface area contributed by atoms with Crippen molar-refractivity contribution in [2.45, 2.75) is 33.6 Å². The molecule has 2 amide bonds. The summed E-state index contributed by atoms with van der Waals surface area (Å²) >= 11 is 1.68. The van der Waals surface area contributed by atoms with Crippen LogP contribution < -0.4 is 11.1 Å². The maximum atomic E-state index is 12.7. The van der Waals surface area contributed by atoms with E-state index in [1.807, 2.05) is 24.4 Å². The van der Waals surface area contributed by atoms with Crippen LogP contribution in [0.15, 0.2) is 70.4 Å². The number of likely N-dealkylation sites (tertiary alicyclic amines) is 1. The number of hydrogen-bond donors (Lipinski definition) is 2. The van der Waals surface area contributed by atoms with Crippen molar-refractivity contribution >= 4 is 22.9 Å². The minimum Gasteiger partial charge on any atom is -0.397 e. The Labute approximate surface area is 190 Å². The van der Waals surface area contributed by atoms with Gasteiger partial charge >= 0.3 is 6.03 Å². The number of urea groups is 1. The van der Waals surface area contributed by atoms with Gasteiger partial charge in [0, 0.05) is 24.5 Å². The van der Waals surface area contributed by atoms with E-state index in [0.717, 1.165) is 12.1 Å². The van der Waals surface area contributed by atoms with Crippen LogP contribution in [0.25, 0.3) is 5.57 Å². The zero-order valence-electron chi connectivity index (χ0n) is 18.9. The van der Waals surface area contributed by atoms with Crippen molar-refractivity contribution < 1.29 is 4.79 Å². The lowest BCUT2D eigenvalue weighted by Gasteiger charge is -2.19. The van der Waals surface area contributed by atoms with Crippen molar-refractivity contribution in [3.05, 3.63) is 75.3 Å². The number of nitrogens with zero attached hydrogens (tertiary/aromatic N) is 2. The summed E-state index contributed by atoms with van der Waals surface area (Å²) in [6.45, 7) is 14.9. The minimum atomic E-state index is -0.166. The van der Waals surface area contributed by atoms with Gasteiger partial charge in [0.25, 0.3) is 0 Å². The van der Waals surface area contributed by atoms with Gasteiger partial charge in [-0.3, -0.25) is 4.90 Å². The van der Waals surface area contributed by atoms with E-state index in [1.165, 1.54) is 47.5 Å². The molecule has 6 heteroatoms. The van der Waals surface area contributed by atoms with Crippen LogP contribution in [0, 0.1) is 0 Å². The molecule has 5 nitrogen and oxygen atoms in total. The third kappa shape index (κ3) is 6.45. The Morgan fingerprint density at radius 2 is 2.00 bits per heavy atom. The molecule has 31 heavy (non-hydrogen) atoms. The number of hydrogen-bond acceptors (Lipinski definition) is 4. The zero-order valence-corrected chi connectivity index (χ0v) is 19.7. The second kappa shape index (κ2) is 10.6. The molecule has 3 heterocycles. The Morgan fingerprint density at radius 3 is 2.68 bits per heavy atom. The number of carbonyl (C=O) groups excluding carboxylic acids is 1. The molecule has 166 valence electrons. The van der Waals surface area contributed by atoms with Crippen LogP contribution in [0.5, 0.6) is 0 Å². The molecule has 1 aromatic rings. The lowest BCUT2D eigenvalue weighted by molar-refractivity contribution is 0.213. The predicted molar refractivity (Wildman–Crippen MR) is 132 cm³/mol. The zero-order chi connectivity index (χ0) is 22.4. The van der Waals surface area contributed by atoms with E-state index >= 15 is 0 Å². The van der Waals surface area contributed by atoms with Crippen LogP contribution >= 0.6 is 11.3 Å². The van der Waals surface area contributed by atoms with Gasteiger partial charge in [-0.05, 0) is 80.9 Å². The molecule has 0 unspecified atom stereocenters. The normalized spacial score (nSPS) is 18.8. The number of nitrogens with one attached hydrogen (secondary N) is 1. The first-order valence-corrected chi connectivity index (χ1v) is 11.7. The smallest absolute Gasteiger partial charge is 0.322 e. The molecule has 0 aromatic carbocycles. The number of amides is 2. The van der Waals surface area contributed by atoms with E-state index in [-0.39, 0.29) is 6.03 Å². The van der Waals surface area contributed by atoms with Crippen molar-refractivity contribution in [2.75, 3.05) is 32.7 Å². The van der Waals surface area contributed by atoms with E-state index in [1.54, 1.807) is 22.3 Å². The molecule has 0 spiro atoms. The Morgan fingerprint density at radius 1 is 1.26 bits per heavy atom. The summed E-state index contributed by atoms with van der Waals surface area (Å²) in [5.74, 6) is 0. The Kier molecular flexibility index (Phi) is 7.93. The minimum absolute atomic E-state index is 0.166. The van der Waals surface area contributed by atoms with Crippen LogP contribution in [0.1, 0.15) is 38.5 Å². The van der Waals surface area contributed by atoms with Crippen LogP contribution in [0.2, 0.25) is 0 Å². The first-order valence-electron chi connectivity index (χ1n) is 10.8. The largest absolute Gasteiger partial charge is 0.397 e. The van der Waals surface area contributed by atoms with Crippen LogP contribution in [-0.2, 0) is 0 Å². The first kappa shape index (κ1) is 23.1. The highest BCUT2D eigenvalue weighted by molar-refractivity contribution is 7.11. The predicted octanol–water partition coefficient (Wildman–Crippen LogP) is 4.89. The molecule has 0 saturated carbocycles. The maximum absolute atomic E-state index is 12.7. The third-order valence-corrected chi connectivity index (χ3v) is 6.75. The standard InChI is InChI=1S/C25H34N4OS/c1-18(15-28-11-5-6-12-28)14-22-17-29(16-20(22)3)25(30)27-21(4)23(26)10-9-19(2)24-8-7-13-31-24/h7-10,13-14H,4-6,11-12,15-17,26H2,1-3H3,(H,27,30)/b18-14+,19-9+,23-10+. The van der Waals surface area contributed by atoms with Gasteiger partial charge in [0.15, 0.2) is 0 Å². The lowest BCUT2D eigenvalue weighted by atomic mass is 10.1. The van der Waals surface area contributed by atoms with Crippen LogP contribution in [0.4, 0.5) is 4.79 Å². The average Bonchev–Trinajstić information content (AvgIpc) is 3.49. The van der Waals surface area contributed by atoms with Gasteiger partial charge in [0.2, 0.25) is 0 Å². The molecule has 1 saturated heterocycles. The quantitative estimate of drug-likeness (QED) is 0.596. The number of allylic oxidation sites excluding steroid dienone is 3. The summed E-state index contributed by atoms with van der Waals surface area (Å²) in [4.78, 5) is 18.2. The molecule has 1 fully saturated rings. The van der Waals surface area contributed by atoms with E-state index in [4.69, 9.17) is 5.73 Å². The highest BCUT2D eigenvalue weighted by Gasteiger charge is 2.23. The highest BCUT2D eigenvalue weighted by atomic mass is 32.1. The van der Waals surface area contributed by atoms with Crippen molar-refractivity contribution in [2.24, 2.45) is 5.73 Å². The monoisotopic (exact) mass is 438 g/mol. The summed E-state index contributed by atoms with van der Waals surface area (Å²) in [5.41, 5.74) is 11.9. The maximum Gasteiger partial charge on any atom is 0.322 e. The van der Waals surface area contributed by atoms with Gasteiger partial charge in [0.05, 0.1) is 11.4 Å². The molecule has 3 N–H and O–H groups in total. The highest BCUT2D eigenvalue weighted by Crippen LogP contribution is 2.22. The fourth-order valence-corrected chi connectivity index (χ4v) is 4.63. The Balaban J connectivity index is 1.53. The fraction of sp³-hybridized carbons (Fsp3) is 0.400. The summed E-state index contributed by atoms with van der Waals surface area (Å²) in [6.07, 6.45) is 8.59. The van der Waals surface area contributed by atoms with E-state index in [0.29, 0.717) is 24.5 Å². The molecule has 2 aliphatic rings. The number of nitrogens with two attached hydrogens (primary N) is 1. The van der Waals surface area contributed by atoms with Crippen LogP contribution in [0.3, 0.4) is 0 Å². The van der Waals surface area contributed by atoms with Crippen molar-refractivity contribution in [3.63, 3.8) is 0 Å². The Bertz CT molecular complexity index is 931. The van der Waals surface area contributed by atoms with Gasteiger partial charge in [-0.2, -0.15) is 0 Å². The topological polar surface area (TPSA) is 61.6 Å². The molecule has 0 aliphatic carbocycles. The summed E-state index contributed by atoms with van der Waals surface area (Å²) in [6, 6.07) is 3.92. The molecular weight excluding hydrogens is 404 g/mol. The van der Waals surface area contributed by atoms with Gasteiger partial charge < -0.3 is 16.0 Å². The molecule has 0 bridgehead atoms. The SMILES string of the molecule is C=C(NC(=O)N1CC(C)=C(/C=C(\C)CN2CCCC2)C1)/C(N)=C\C=C(/C)c1cccs1. The summed E-state index contributed by atoms with van der Waals surface area (Å²) in [7, 11) is 0.